The first kappa shape index (κ1) is 21.8. The van der Waals surface area contributed by atoms with Crippen molar-refractivity contribution >= 4 is 48.3 Å². The maximum absolute atomic E-state index is 13.3. The number of amides is 2. The lowest BCUT2D eigenvalue weighted by Crippen LogP contribution is -2.43. The second-order valence-electron chi connectivity index (χ2n) is 6.90. The molecule has 1 aliphatic rings. The van der Waals surface area contributed by atoms with Crippen molar-refractivity contribution in [1.82, 2.24) is 14.8 Å². The molecule has 0 spiro atoms. The number of anilines is 2. The lowest BCUT2D eigenvalue weighted by atomic mass is 10.1. The van der Waals surface area contributed by atoms with Gasteiger partial charge in [0.05, 0.1) is 35.9 Å². The van der Waals surface area contributed by atoms with Crippen molar-refractivity contribution in [3.63, 3.8) is 0 Å². The van der Waals surface area contributed by atoms with Gasteiger partial charge in [-0.05, 0) is 37.6 Å². The summed E-state index contributed by atoms with van der Waals surface area (Å²) in [6.07, 6.45) is 3.71. The van der Waals surface area contributed by atoms with Crippen LogP contribution >= 0.6 is 25.1 Å². The van der Waals surface area contributed by atoms with E-state index in [4.69, 9.17) is 11.6 Å². The van der Waals surface area contributed by atoms with Crippen LogP contribution in [0.3, 0.4) is 0 Å². The first-order chi connectivity index (χ1) is 13.8. The number of hydrogen-bond donors (Lipinski definition) is 1. The third-order valence-corrected chi connectivity index (χ3v) is 5.19. The number of fused-ring (bicyclic) bond motifs is 1. The van der Waals surface area contributed by atoms with Crippen LogP contribution in [0, 0.1) is 12.7 Å². The van der Waals surface area contributed by atoms with E-state index in [0.717, 1.165) is 17.8 Å². The largest absolute Gasteiger partial charge is 0.320 e. The average Bonchev–Trinajstić information content (AvgIpc) is 3.13. The van der Waals surface area contributed by atoms with Crippen molar-refractivity contribution in [2.75, 3.05) is 16.8 Å². The molecule has 156 valence electrons. The summed E-state index contributed by atoms with van der Waals surface area (Å²) < 4.78 is 14.9. The second-order valence-corrected chi connectivity index (χ2v) is 7.30. The molecule has 0 aliphatic carbocycles. The molecule has 0 saturated carbocycles. The summed E-state index contributed by atoms with van der Waals surface area (Å²) >= 11 is 6.10. The topological polar surface area (TPSA) is 80.1 Å². The Kier molecular flexibility index (Phi) is 6.14. The number of pyridine rings is 1. The van der Waals surface area contributed by atoms with E-state index in [1.807, 2.05) is 19.9 Å². The van der Waals surface area contributed by atoms with Crippen LogP contribution < -0.4 is 10.2 Å². The number of aromatic nitrogens is 3. The molecule has 3 aromatic rings. The van der Waals surface area contributed by atoms with Gasteiger partial charge in [-0.25, -0.2) is 4.39 Å². The molecule has 2 amide bonds. The van der Waals surface area contributed by atoms with Crippen molar-refractivity contribution in [2.24, 2.45) is 0 Å². The molecular weight excluding hydrogens is 429 g/mol. The summed E-state index contributed by atoms with van der Waals surface area (Å²) in [6.45, 7) is 4.18. The van der Waals surface area contributed by atoms with Crippen molar-refractivity contribution in [2.45, 2.75) is 19.9 Å². The van der Waals surface area contributed by atoms with Gasteiger partial charge < -0.3 is 10.2 Å². The highest BCUT2D eigenvalue weighted by molar-refractivity contribution is 7.59. The molecule has 1 aromatic carbocycles. The first-order valence-corrected chi connectivity index (χ1v) is 9.30. The van der Waals surface area contributed by atoms with E-state index >= 15 is 0 Å². The Labute approximate surface area is 184 Å². The molecule has 0 fully saturated rings. The molecule has 0 saturated heterocycles. The minimum absolute atomic E-state index is 0. The number of carbonyl (C=O) groups is 2. The van der Waals surface area contributed by atoms with Crippen LogP contribution in [0.2, 0.25) is 5.02 Å². The van der Waals surface area contributed by atoms with Gasteiger partial charge in [0.25, 0.3) is 11.8 Å². The fraction of sp³-hybridized carbons (Fsp3) is 0.200. The summed E-state index contributed by atoms with van der Waals surface area (Å²) in [7, 11) is 0. The summed E-state index contributed by atoms with van der Waals surface area (Å²) in [6, 6.07) is 6.34. The molecule has 1 N–H and O–H groups in total. The number of carbonyl (C=O) groups excluding carboxylic acids is 2. The molecule has 1 aliphatic heterocycles. The normalized spacial score (nSPS) is 15.4. The summed E-state index contributed by atoms with van der Waals surface area (Å²) in [5, 5.41) is 7.40. The maximum Gasteiger partial charge on any atom is 0.277 e. The molecule has 30 heavy (non-hydrogen) atoms. The van der Waals surface area contributed by atoms with E-state index in [9.17, 15) is 14.0 Å². The van der Waals surface area contributed by atoms with E-state index in [-0.39, 0.29) is 42.4 Å². The van der Waals surface area contributed by atoms with Crippen LogP contribution in [0.25, 0.3) is 0 Å². The molecule has 7 nitrogen and oxygen atoms in total. The van der Waals surface area contributed by atoms with Gasteiger partial charge in [-0.1, -0.05) is 11.6 Å². The van der Waals surface area contributed by atoms with Crippen LogP contribution in [-0.4, -0.2) is 33.1 Å². The van der Waals surface area contributed by atoms with E-state index < -0.39 is 11.7 Å². The fourth-order valence-electron chi connectivity index (χ4n) is 3.33. The highest BCUT2D eigenvalue weighted by atomic mass is 35.5. The molecular formula is C20H19ClFN5O2S. The van der Waals surface area contributed by atoms with Gasteiger partial charge in [0.15, 0.2) is 0 Å². The van der Waals surface area contributed by atoms with Gasteiger partial charge in [0, 0.05) is 23.3 Å². The number of hydrogen-bond acceptors (Lipinski definition) is 4. The highest BCUT2D eigenvalue weighted by Gasteiger charge is 2.35. The number of aryl methyl sites for hydroxylation is 1. The minimum atomic E-state index is -0.575. The van der Waals surface area contributed by atoms with Crippen LogP contribution in [0.15, 0.2) is 42.9 Å². The van der Waals surface area contributed by atoms with Crippen molar-refractivity contribution < 1.29 is 14.0 Å². The fourth-order valence-corrected chi connectivity index (χ4v) is 3.44. The van der Waals surface area contributed by atoms with Crippen LogP contribution in [0.1, 0.15) is 39.4 Å². The Morgan fingerprint density at radius 1 is 1.27 bits per heavy atom. The summed E-state index contributed by atoms with van der Waals surface area (Å²) in [5.74, 6) is -1.48. The predicted octanol–water partition coefficient (Wildman–Crippen LogP) is 3.97. The summed E-state index contributed by atoms with van der Waals surface area (Å²) in [5.41, 5.74) is 2.02. The van der Waals surface area contributed by atoms with Crippen molar-refractivity contribution in [3.05, 3.63) is 70.5 Å². The minimum Gasteiger partial charge on any atom is -0.320 e. The number of nitrogens with zero attached hydrogens (tertiary/aromatic N) is 4. The molecule has 0 radical (unpaired) electrons. The SMILES string of the molecule is Cc1cc(N2C[C@H](C)n3ncc(C(=O)Nc4cncc(F)c4)c3C2=O)ccc1Cl.S. The predicted molar refractivity (Wildman–Crippen MR) is 117 cm³/mol. The smallest absolute Gasteiger partial charge is 0.277 e. The van der Waals surface area contributed by atoms with Gasteiger partial charge >= 0.3 is 0 Å². The van der Waals surface area contributed by atoms with Gasteiger partial charge in [-0.3, -0.25) is 19.3 Å². The standard InChI is InChI=1S/C20H17ClFN5O2.H2S/c1-11-5-15(3-4-17(11)21)26-10-12(2)27-18(20(26)29)16(9-24-27)19(28)25-14-6-13(22)7-23-8-14;/h3-9,12H,10H2,1-2H3,(H,25,28);1H2/t12-;/m0./s1. The van der Waals surface area contributed by atoms with Crippen LogP contribution in [-0.2, 0) is 0 Å². The first-order valence-electron chi connectivity index (χ1n) is 8.92. The van der Waals surface area contributed by atoms with E-state index in [0.29, 0.717) is 17.3 Å². The molecule has 10 heteroatoms. The maximum atomic E-state index is 13.3. The molecule has 4 rings (SSSR count). The number of benzene rings is 1. The Hall–Kier alpha value is -2.91. The zero-order chi connectivity index (χ0) is 20.7. The Balaban J connectivity index is 0.00000256. The monoisotopic (exact) mass is 447 g/mol. The lowest BCUT2D eigenvalue weighted by Gasteiger charge is -2.32. The Bertz CT molecular complexity index is 1140. The molecule has 0 unspecified atom stereocenters. The third-order valence-electron chi connectivity index (χ3n) is 4.77. The van der Waals surface area contributed by atoms with Crippen LogP contribution in [0.5, 0.6) is 0 Å². The zero-order valence-corrected chi connectivity index (χ0v) is 17.9. The Morgan fingerprint density at radius 3 is 2.73 bits per heavy atom. The van der Waals surface area contributed by atoms with Gasteiger partial charge in [0.2, 0.25) is 0 Å². The number of nitrogens with one attached hydrogen (secondary N) is 1. The molecule has 2 aromatic heterocycles. The van der Waals surface area contributed by atoms with Gasteiger partial charge in [-0.2, -0.15) is 18.6 Å². The third kappa shape index (κ3) is 3.90. The second kappa shape index (κ2) is 8.45. The Morgan fingerprint density at radius 2 is 2.03 bits per heavy atom. The quantitative estimate of drug-likeness (QED) is 0.658. The molecule has 3 heterocycles. The van der Waals surface area contributed by atoms with Crippen molar-refractivity contribution in [1.29, 1.82) is 0 Å². The van der Waals surface area contributed by atoms with E-state index in [1.165, 1.54) is 12.4 Å². The zero-order valence-electron chi connectivity index (χ0n) is 16.2. The molecule has 0 bridgehead atoms. The molecule has 1 atom stereocenters. The number of rotatable bonds is 3. The van der Waals surface area contributed by atoms with E-state index in [1.54, 1.807) is 21.7 Å². The average molecular weight is 448 g/mol. The van der Waals surface area contributed by atoms with Crippen LogP contribution in [0.4, 0.5) is 15.8 Å². The van der Waals surface area contributed by atoms with E-state index in [2.05, 4.69) is 15.4 Å². The number of halogens is 2. The summed E-state index contributed by atoms with van der Waals surface area (Å²) in [4.78, 5) is 31.3. The van der Waals surface area contributed by atoms with Crippen molar-refractivity contribution in [3.8, 4) is 0 Å². The lowest BCUT2D eigenvalue weighted by molar-refractivity contribution is 0.0939. The highest BCUT2D eigenvalue weighted by Crippen LogP contribution is 2.30. The van der Waals surface area contributed by atoms with Gasteiger partial charge in [0.1, 0.15) is 11.5 Å². The van der Waals surface area contributed by atoms with Gasteiger partial charge in [-0.15, -0.1) is 0 Å².